The van der Waals surface area contributed by atoms with Gasteiger partial charge in [-0.05, 0) is 6.42 Å². The number of hydrogen-bond acceptors (Lipinski definition) is 5. The normalized spacial score (nSPS) is 11.4. The maximum Gasteiger partial charge on any atom is 0.243 e. The van der Waals surface area contributed by atoms with Crippen molar-refractivity contribution in [1.29, 1.82) is 0 Å². The average molecular weight is 210 g/mol. The minimum absolute atomic E-state index is 0.102. The van der Waals surface area contributed by atoms with Gasteiger partial charge in [0.2, 0.25) is 5.88 Å². The molecule has 0 atom stereocenters. The molecule has 1 rings (SSSR count). The van der Waals surface area contributed by atoms with Crippen LogP contribution in [0.4, 0.5) is 0 Å². The van der Waals surface area contributed by atoms with Gasteiger partial charge in [-0.15, -0.1) is 0 Å². The minimum Gasteiger partial charge on any atom is -0.476 e. The van der Waals surface area contributed by atoms with Crippen molar-refractivity contribution in [2.75, 3.05) is 6.61 Å². The lowest BCUT2D eigenvalue weighted by molar-refractivity contribution is 0.294. The molecule has 1 aromatic rings. The van der Waals surface area contributed by atoms with Gasteiger partial charge in [-0.25, -0.2) is 9.97 Å². The van der Waals surface area contributed by atoms with E-state index >= 15 is 0 Å². The first-order chi connectivity index (χ1) is 7.29. The fraction of sp³-hybridized carbons (Fsp3) is 0.444. The highest BCUT2D eigenvalue weighted by Gasteiger charge is 2.10. The van der Waals surface area contributed by atoms with Gasteiger partial charge in [0.05, 0.1) is 6.61 Å². The van der Waals surface area contributed by atoms with Crippen LogP contribution in [0.15, 0.2) is 17.5 Å². The third-order valence-electron chi connectivity index (χ3n) is 1.75. The van der Waals surface area contributed by atoms with E-state index in [9.17, 15) is 0 Å². The van der Waals surface area contributed by atoms with Crippen molar-refractivity contribution in [2.24, 2.45) is 10.9 Å². The fourth-order valence-electron chi connectivity index (χ4n) is 0.967. The first-order valence-corrected chi connectivity index (χ1v) is 4.71. The highest BCUT2D eigenvalue weighted by molar-refractivity contribution is 5.97. The Hall–Kier alpha value is -1.85. The standard InChI is InChI=1S/C9H14N4O2/c1-2-3-6-15-9-7(8(10)13-14)11-4-5-12-9/h4-5,14H,2-3,6H2,1H3,(H2,10,13). The molecule has 0 saturated carbocycles. The van der Waals surface area contributed by atoms with Gasteiger partial charge in [0.25, 0.3) is 0 Å². The van der Waals surface area contributed by atoms with Crippen molar-refractivity contribution in [2.45, 2.75) is 19.8 Å². The molecule has 0 aromatic carbocycles. The Morgan fingerprint density at radius 2 is 2.27 bits per heavy atom. The molecular formula is C9H14N4O2. The summed E-state index contributed by atoms with van der Waals surface area (Å²) in [6.07, 6.45) is 4.90. The Morgan fingerprint density at radius 1 is 1.53 bits per heavy atom. The van der Waals surface area contributed by atoms with E-state index in [4.69, 9.17) is 15.7 Å². The number of aromatic nitrogens is 2. The van der Waals surface area contributed by atoms with Crippen molar-refractivity contribution in [3.05, 3.63) is 18.1 Å². The lowest BCUT2D eigenvalue weighted by Crippen LogP contribution is -2.17. The van der Waals surface area contributed by atoms with E-state index in [1.165, 1.54) is 12.4 Å². The number of nitrogens with zero attached hydrogens (tertiary/aromatic N) is 3. The summed E-state index contributed by atoms with van der Waals surface area (Å²) in [6, 6.07) is 0. The fourth-order valence-corrected chi connectivity index (χ4v) is 0.967. The SMILES string of the molecule is CCCCOc1nccnc1C(N)=NO. The van der Waals surface area contributed by atoms with Crippen LogP contribution >= 0.6 is 0 Å². The lowest BCUT2D eigenvalue weighted by atomic mass is 10.3. The number of rotatable bonds is 5. The van der Waals surface area contributed by atoms with E-state index in [2.05, 4.69) is 22.0 Å². The van der Waals surface area contributed by atoms with Gasteiger partial charge in [0, 0.05) is 12.4 Å². The van der Waals surface area contributed by atoms with Crippen molar-refractivity contribution in [1.82, 2.24) is 9.97 Å². The molecule has 0 bridgehead atoms. The summed E-state index contributed by atoms with van der Waals surface area (Å²) in [5.41, 5.74) is 5.68. The quantitative estimate of drug-likeness (QED) is 0.246. The molecule has 0 fully saturated rings. The molecule has 0 unspecified atom stereocenters. The van der Waals surface area contributed by atoms with E-state index in [-0.39, 0.29) is 11.5 Å². The summed E-state index contributed by atoms with van der Waals surface area (Å²) in [5, 5.41) is 11.4. The lowest BCUT2D eigenvalue weighted by Gasteiger charge is -2.07. The van der Waals surface area contributed by atoms with E-state index in [0.29, 0.717) is 12.5 Å². The second-order valence-corrected chi connectivity index (χ2v) is 2.90. The third kappa shape index (κ3) is 3.08. The average Bonchev–Trinajstić information content (AvgIpc) is 2.29. The van der Waals surface area contributed by atoms with Crippen LogP contribution < -0.4 is 10.5 Å². The van der Waals surface area contributed by atoms with Gasteiger partial charge in [-0.1, -0.05) is 18.5 Å². The maximum atomic E-state index is 8.52. The van der Waals surface area contributed by atoms with Gasteiger partial charge in [0.15, 0.2) is 11.5 Å². The van der Waals surface area contributed by atoms with Gasteiger partial charge < -0.3 is 15.7 Å². The van der Waals surface area contributed by atoms with Crippen molar-refractivity contribution in [3.63, 3.8) is 0 Å². The summed E-state index contributed by atoms with van der Waals surface area (Å²) in [5.74, 6) is 0.191. The summed E-state index contributed by atoms with van der Waals surface area (Å²) in [7, 11) is 0. The number of nitrogens with two attached hydrogens (primary N) is 1. The van der Waals surface area contributed by atoms with Gasteiger partial charge in [0.1, 0.15) is 0 Å². The van der Waals surface area contributed by atoms with Crippen molar-refractivity contribution in [3.8, 4) is 5.88 Å². The van der Waals surface area contributed by atoms with Crippen LogP contribution in [-0.2, 0) is 0 Å². The number of ether oxygens (including phenoxy) is 1. The molecule has 0 saturated heterocycles. The van der Waals surface area contributed by atoms with E-state index < -0.39 is 0 Å². The van der Waals surface area contributed by atoms with Crippen LogP contribution in [0.2, 0.25) is 0 Å². The van der Waals surface area contributed by atoms with Gasteiger partial charge in [-0.3, -0.25) is 0 Å². The number of amidine groups is 1. The van der Waals surface area contributed by atoms with E-state index in [1.54, 1.807) is 0 Å². The maximum absolute atomic E-state index is 8.52. The van der Waals surface area contributed by atoms with Crippen LogP contribution in [0.25, 0.3) is 0 Å². The van der Waals surface area contributed by atoms with Gasteiger partial charge in [-0.2, -0.15) is 0 Å². The Bertz CT molecular complexity index is 341. The molecule has 0 aliphatic heterocycles. The molecule has 82 valence electrons. The summed E-state index contributed by atoms with van der Waals surface area (Å²) >= 11 is 0. The topological polar surface area (TPSA) is 93.6 Å². The number of oxime groups is 1. The molecule has 1 aromatic heterocycles. The Morgan fingerprint density at radius 3 is 2.93 bits per heavy atom. The Labute approximate surface area is 87.8 Å². The zero-order valence-corrected chi connectivity index (χ0v) is 8.55. The Balaban J connectivity index is 2.77. The van der Waals surface area contributed by atoms with Crippen LogP contribution in [-0.4, -0.2) is 27.6 Å². The van der Waals surface area contributed by atoms with E-state index in [0.717, 1.165) is 12.8 Å². The predicted molar refractivity (Wildman–Crippen MR) is 54.9 cm³/mol. The summed E-state index contributed by atoms with van der Waals surface area (Å²) < 4.78 is 5.35. The molecule has 0 amide bonds. The second kappa shape index (κ2) is 5.79. The molecule has 3 N–H and O–H groups in total. The zero-order valence-electron chi connectivity index (χ0n) is 8.55. The first-order valence-electron chi connectivity index (χ1n) is 4.71. The van der Waals surface area contributed by atoms with Crippen LogP contribution in [0.5, 0.6) is 5.88 Å². The molecule has 0 spiro atoms. The third-order valence-corrected chi connectivity index (χ3v) is 1.75. The van der Waals surface area contributed by atoms with Crippen molar-refractivity contribution < 1.29 is 9.94 Å². The predicted octanol–water partition coefficient (Wildman–Crippen LogP) is 0.750. The Kier molecular flexibility index (Phi) is 4.33. The summed E-state index contributed by atoms with van der Waals surface area (Å²) in [6.45, 7) is 2.60. The molecule has 6 heteroatoms. The largest absolute Gasteiger partial charge is 0.476 e. The second-order valence-electron chi connectivity index (χ2n) is 2.90. The molecule has 0 aliphatic rings. The van der Waals surface area contributed by atoms with Gasteiger partial charge >= 0.3 is 0 Å². The summed E-state index contributed by atoms with van der Waals surface area (Å²) in [4.78, 5) is 7.89. The number of unbranched alkanes of at least 4 members (excludes halogenated alkanes) is 1. The molecular weight excluding hydrogens is 196 g/mol. The molecule has 0 radical (unpaired) electrons. The molecule has 0 aliphatic carbocycles. The van der Waals surface area contributed by atoms with Crippen LogP contribution in [0.3, 0.4) is 0 Å². The molecule has 6 nitrogen and oxygen atoms in total. The molecule has 15 heavy (non-hydrogen) atoms. The monoisotopic (exact) mass is 210 g/mol. The molecule has 1 heterocycles. The minimum atomic E-state index is -0.102. The van der Waals surface area contributed by atoms with Crippen LogP contribution in [0.1, 0.15) is 25.5 Å². The highest BCUT2D eigenvalue weighted by Crippen LogP contribution is 2.11. The first kappa shape index (κ1) is 11.2. The number of hydrogen-bond donors (Lipinski definition) is 2. The highest BCUT2D eigenvalue weighted by atomic mass is 16.5. The van der Waals surface area contributed by atoms with Crippen LogP contribution in [0, 0.1) is 0 Å². The smallest absolute Gasteiger partial charge is 0.243 e. The zero-order chi connectivity index (χ0) is 11.1. The van der Waals surface area contributed by atoms with E-state index in [1.807, 2.05) is 0 Å². The van der Waals surface area contributed by atoms with Crippen molar-refractivity contribution >= 4 is 5.84 Å².